The van der Waals surface area contributed by atoms with Crippen molar-refractivity contribution in [1.29, 1.82) is 0 Å². The molecule has 1 unspecified atom stereocenters. The van der Waals surface area contributed by atoms with Gasteiger partial charge in [0.15, 0.2) is 0 Å². The van der Waals surface area contributed by atoms with Crippen LogP contribution in [0.25, 0.3) is 0 Å². The summed E-state index contributed by atoms with van der Waals surface area (Å²) in [6, 6.07) is 5.56. The smallest absolute Gasteiger partial charge is 0.310 e. The fourth-order valence-electron chi connectivity index (χ4n) is 1.45. The lowest BCUT2D eigenvalue weighted by Gasteiger charge is -2.11. The second-order valence-corrected chi connectivity index (χ2v) is 3.31. The summed E-state index contributed by atoms with van der Waals surface area (Å²) in [5.74, 6) is -2.18. The second-order valence-electron chi connectivity index (χ2n) is 3.31. The number of halogens is 1. The van der Waals surface area contributed by atoms with Crippen LogP contribution in [-0.2, 0) is 4.79 Å². The molecule has 4 heteroatoms. The van der Waals surface area contributed by atoms with Crippen LogP contribution in [0.5, 0.6) is 0 Å². The Labute approximate surface area is 87.2 Å². The third kappa shape index (κ3) is 3.32. The fraction of sp³-hybridized carbons (Fsp3) is 0.364. The summed E-state index contributed by atoms with van der Waals surface area (Å²) in [5, 5.41) is 17.6. The van der Waals surface area contributed by atoms with Gasteiger partial charge in [-0.3, -0.25) is 4.79 Å². The highest BCUT2D eigenvalue weighted by atomic mass is 19.1. The van der Waals surface area contributed by atoms with Crippen molar-refractivity contribution < 1.29 is 19.4 Å². The zero-order chi connectivity index (χ0) is 11.3. The largest absolute Gasteiger partial charge is 0.481 e. The molecule has 0 saturated heterocycles. The van der Waals surface area contributed by atoms with Crippen molar-refractivity contribution in [3.05, 3.63) is 35.6 Å². The summed E-state index contributed by atoms with van der Waals surface area (Å²) in [6.07, 6.45) is 0.711. The minimum atomic E-state index is -0.992. The van der Waals surface area contributed by atoms with Crippen LogP contribution >= 0.6 is 0 Å². The SMILES string of the molecule is O=C(O)C(CCCO)c1cccc(F)c1. The van der Waals surface area contributed by atoms with Gasteiger partial charge in [0.2, 0.25) is 0 Å². The van der Waals surface area contributed by atoms with E-state index < -0.39 is 17.7 Å². The standard InChI is InChI=1S/C11H13FO3/c12-9-4-1-3-8(7-9)10(11(14)15)5-2-6-13/h1,3-4,7,10,13H,2,5-6H2,(H,14,15). The molecule has 0 amide bonds. The third-order valence-electron chi connectivity index (χ3n) is 2.20. The second kappa shape index (κ2) is 5.46. The van der Waals surface area contributed by atoms with Gasteiger partial charge in [0.1, 0.15) is 5.82 Å². The fourth-order valence-corrected chi connectivity index (χ4v) is 1.45. The molecular weight excluding hydrogens is 199 g/mol. The number of carbonyl (C=O) groups is 1. The van der Waals surface area contributed by atoms with Gasteiger partial charge in [-0.05, 0) is 30.5 Å². The summed E-state index contributed by atoms with van der Waals surface area (Å²) in [6.45, 7) is -0.0565. The van der Waals surface area contributed by atoms with Crippen molar-refractivity contribution in [2.75, 3.05) is 6.61 Å². The molecule has 0 spiro atoms. The first-order valence-corrected chi connectivity index (χ1v) is 4.74. The van der Waals surface area contributed by atoms with Crippen molar-refractivity contribution in [3.8, 4) is 0 Å². The van der Waals surface area contributed by atoms with E-state index >= 15 is 0 Å². The van der Waals surface area contributed by atoms with Crippen molar-refractivity contribution in [2.45, 2.75) is 18.8 Å². The minimum Gasteiger partial charge on any atom is -0.481 e. The molecule has 0 saturated carbocycles. The van der Waals surface area contributed by atoms with Crippen LogP contribution in [0.2, 0.25) is 0 Å². The molecule has 0 aliphatic carbocycles. The molecule has 0 heterocycles. The van der Waals surface area contributed by atoms with E-state index in [0.29, 0.717) is 18.4 Å². The molecule has 1 atom stereocenters. The maximum atomic E-state index is 12.9. The molecule has 0 bridgehead atoms. The third-order valence-corrected chi connectivity index (χ3v) is 2.20. The number of hydrogen-bond acceptors (Lipinski definition) is 2. The summed E-state index contributed by atoms with van der Waals surface area (Å²) >= 11 is 0. The molecule has 2 N–H and O–H groups in total. The molecular formula is C11H13FO3. The quantitative estimate of drug-likeness (QED) is 0.782. The zero-order valence-corrected chi connectivity index (χ0v) is 8.19. The highest BCUT2D eigenvalue weighted by Gasteiger charge is 2.19. The first-order valence-electron chi connectivity index (χ1n) is 4.74. The van der Waals surface area contributed by atoms with Gasteiger partial charge in [-0.25, -0.2) is 4.39 Å². The molecule has 0 aliphatic rings. The highest BCUT2D eigenvalue weighted by Crippen LogP contribution is 2.22. The molecule has 0 aromatic heterocycles. The predicted octanol–water partition coefficient (Wildman–Crippen LogP) is 1.77. The molecule has 82 valence electrons. The molecule has 3 nitrogen and oxygen atoms in total. The van der Waals surface area contributed by atoms with Gasteiger partial charge < -0.3 is 10.2 Å². The number of rotatable bonds is 5. The van der Waals surface area contributed by atoms with Crippen LogP contribution in [0.15, 0.2) is 24.3 Å². The Hall–Kier alpha value is -1.42. The summed E-state index contributed by atoms with van der Waals surface area (Å²) in [5.41, 5.74) is 0.441. The predicted molar refractivity (Wildman–Crippen MR) is 53.1 cm³/mol. The Morgan fingerprint density at radius 3 is 2.73 bits per heavy atom. The van der Waals surface area contributed by atoms with E-state index in [4.69, 9.17) is 10.2 Å². The lowest BCUT2D eigenvalue weighted by molar-refractivity contribution is -0.139. The van der Waals surface area contributed by atoms with E-state index in [1.165, 1.54) is 18.2 Å². The molecule has 0 fully saturated rings. The van der Waals surface area contributed by atoms with Crippen LogP contribution in [0.3, 0.4) is 0 Å². The van der Waals surface area contributed by atoms with E-state index in [2.05, 4.69) is 0 Å². The molecule has 1 rings (SSSR count). The Balaban J connectivity index is 2.84. The van der Waals surface area contributed by atoms with Crippen molar-refractivity contribution in [3.63, 3.8) is 0 Å². The summed E-state index contributed by atoms with van der Waals surface area (Å²) < 4.78 is 12.9. The average Bonchev–Trinajstić information content (AvgIpc) is 2.18. The number of benzene rings is 1. The van der Waals surface area contributed by atoms with Gasteiger partial charge in [-0.15, -0.1) is 0 Å². The minimum absolute atomic E-state index is 0.0565. The van der Waals surface area contributed by atoms with Crippen molar-refractivity contribution in [1.82, 2.24) is 0 Å². The Kier molecular flexibility index (Phi) is 4.24. The molecule has 1 aromatic rings. The number of carboxylic acids is 1. The van der Waals surface area contributed by atoms with E-state index in [1.54, 1.807) is 6.07 Å². The molecule has 0 radical (unpaired) electrons. The first kappa shape index (κ1) is 11.7. The molecule has 1 aromatic carbocycles. The topological polar surface area (TPSA) is 57.5 Å². The van der Waals surface area contributed by atoms with Gasteiger partial charge in [0.25, 0.3) is 0 Å². The summed E-state index contributed by atoms with van der Waals surface area (Å²) in [7, 11) is 0. The van der Waals surface area contributed by atoms with Gasteiger partial charge in [-0.1, -0.05) is 12.1 Å². The van der Waals surface area contributed by atoms with Crippen LogP contribution in [0.1, 0.15) is 24.3 Å². The van der Waals surface area contributed by atoms with Crippen LogP contribution in [0.4, 0.5) is 4.39 Å². The number of aliphatic hydroxyl groups is 1. The van der Waals surface area contributed by atoms with E-state index in [-0.39, 0.29) is 6.61 Å². The highest BCUT2D eigenvalue weighted by molar-refractivity contribution is 5.75. The maximum Gasteiger partial charge on any atom is 0.310 e. The number of aliphatic hydroxyl groups excluding tert-OH is 1. The molecule has 15 heavy (non-hydrogen) atoms. The van der Waals surface area contributed by atoms with Crippen molar-refractivity contribution >= 4 is 5.97 Å². The lowest BCUT2D eigenvalue weighted by atomic mass is 9.94. The van der Waals surface area contributed by atoms with E-state index in [1.807, 2.05) is 0 Å². The Bertz CT molecular complexity index is 338. The maximum absolute atomic E-state index is 12.9. The monoisotopic (exact) mass is 212 g/mol. The van der Waals surface area contributed by atoms with Gasteiger partial charge >= 0.3 is 5.97 Å². The zero-order valence-electron chi connectivity index (χ0n) is 8.19. The van der Waals surface area contributed by atoms with E-state index in [0.717, 1.165) is 0 Å². The van der Waals surface area contributed by atoms with E-state index in [9.17, 15) is 9.18 Å². The normalized spacial score (nSPS) is 12.4. The van der Waals surface area contributed by atoms with Crippen molar-refractivity contribution in [2.24, 2.45) is 0 Å². The lowest BCUT2D eigenvalue weighted by Crippen LogP contribution is -2.12. The van der Waals surface area contributed by atoms with Crippen LogP contribution in [-0.4, -0.2) is 22.8 Å². The Morgan fingerprint density at radius 1 is 1.47 bits per heavy atom. The Morgan fingerprint density at radius 2 is 2.20 bits per heavy atom. The van der Waals surface area contributed by atoms with Gasteiger partial charge in [0.05, 0.1) is 5.92 Å². The number of carboxylic acid groups (broad SMARTS) is 1. The molecule has 0 aliphatic heterocycles. The van der Waals surface area contributed by atoms with Crippen LogP contribution < -0.4 is 0 Å². The number of hydrogen-bond donors (Lipinski definition) is 2. The average molecular weight is 212 g/mol. The van der Waals surface area contributed by atoms with Gasteiger partial charge in [-0.2, -0.15) is 0 Å². The van der Waals surface area contributed by atoms with Crippen LogP contribution in [0, 0.1) is 5.82 Å². The number of aliphatic carboxylic acids is 1. The summed E-state index contributed by atoms with van der Waals surface area (Å²) in [4.78, 5) is 10.9. The van der Waals surface area contributed by atoms with Gasteiger partial charge in [0, 0.05) is 6.61 Å². The first-order chi connectivity index (χ1) is 7.15.